The minimum absolute atomic E-state index is 0.215. The number of allylic oxidation sites excluding steroid dienone is 4. The molecule has 1 heterocycles. The fraction of sp³-hybridized carbons (Fsp3) is 0.324. The van der Waals surface area contributed by atoms with Crippen LogP contribution in [0.2, 0.25) is 0 Å². The zero-order chi connectivity index (χ0) is 24.1. The summed E-state index contributed by atoms with van der Waals surface area (Å²) in [4.78, 5) is 0. The highest BCUT2D eigenvalue weighted by Gasteiger charge is 2.48. The first kappa shape index (κ1) is 23.9. The van der Waals surface area contributed by atoms with Crippen LogP contribution in [0.5, 0.6) is 0 Å². The number of fused-ring (bicyclic) bond motifs is 3. The summed E-state index contributed by atoms with van der Waals surface area (Å²) in [7, 11) is 0.744. The summed E-state index contributed by atoms with van der Waals surface area (Å²) in [6.45, 7) is 4.59. The molecule has 0 amide bonds. The fourth-order valence-corrected chi connectivity index (χ4v) is 7.67. The Morgan fingerprint density at radius 2 is 1.29 bits per heavy atom. The van der Waals surface area contributed by atoms with Crippen molar-refractivity contribution in [1.82, 2.24) is 0 Å². The Morgan fingerprint density at radius 3 is 1.91 bits per heavy atom. The Balaban J connectivity index is 1.73. The van der Waals surface area contributed by atoms with Gasteiger partial charge in [0.25, 0.3) is 0 Å². The van der Waals surface area contributed by atoms with E-state index in [1.165, 1.54) is 78.3 Å². The van der Waals surface area contributed by atoms with Crippen LogP contribution in [-0.2, 0) is 11.8 Å². The Morgan fingerprint density at radius 1 is 0.657 bits per heavy atom. The molecule has 0 bridgehead atoms. The van der Waals surface area contributed by atoms with Crippen molar-refractivity contribution in [3.05, 3.63) is 124 Å². The minimum atomic E-state index is -0.215. The molecule has 0 fully saturated rings. The summed E-state index contributed by atoms with van der Waals surface area (Å²) in [5.74, 6) is 0. The predicted octanol–water partition coefficient (Wildman–Crippen LogP) is 8.51. The predicted molar refractivity (Wildman–Crippen MR) is 153 cm³/mol. The van der Waals surface area contributed by atoms with E-state index in [4.69, 9.17) is 0 Å². The lowest BCUT2D eigenvalue weighted by Gasteiger charge is -2.35. The third-order valence-corrected chi connectivity index (χ3v) is 9.32. The maximum absolute atomic E-state index is 2.55. The van der Waals surface area contributed by atoms with Gasteiger partial charge in [0.05, 0.1) is 14.5 Å². The Hall–Kier alpha value is -2.77. The van der Waals surface area contributed by atoms with Gasteiger partial charge in [-0.2, -0.15) is 0 Å². The van der Waals surface area contributed by atoms with E-state index in [1.54, 1.807) is 10.4 Å². The van der Waals surface area contributed by atoms with Gasteiger partial charge in [-0.15, -0.1) is 0 Å². The molecule has 1 aliphatic heterocycles. The molecule has 35 heavy (non-hydrogen) atoms. The molecule has 1 radical (unpaired) electrons. The smallest absolute Gasteiger partial charge is 0.0654 e. The largest absolute Gasteiger partial charge is 0.0674 e. The molecule has 3 aromatic rings. The van der Waals surface area contributed by atoms with Crippen LogP contribution < -0.4 is 0 Å². The molecule has 0 saturated carbocycles. The third kappa shape index (κ3) is 4.47. The second kappa shape index (κ2) is 10.9. The van der Waals surface area contributed by atoms with Crippen LogP contribution in [0.1, 0.15) is 86.6 Å². The van der Waals surface area contributed by atoms with E-state index in [0.717, 1.165) is 15.6 Å². The van der Waals surface area contributed by atoms with Crippen molar-refractivity contribution >= 4 is 19.9 Å². The van der Waals surface area contributed by atoms with Gasteiger partial charge in [0, 0.05) is 0 Å². The first-order valence-corrected chi connectivity index (χ1v) is 14.6. The van der Waals surface area contributed by atoms with Crippen molar-refractivity contribution in [2.75, 3.05) is 0 Å². The van der Waals surface area contributed by atoms with E-state index in [2.05, 4.69) is 105 Å². The molecule has 3 aromatic carbocycles. The summed E-state index contributed by atoms with van der Waals surface area (Å²) in [5, 5.41) is 3.22. The average Bonchev–Trinajstić information content (AvgIpc) is 3.20. The molecule has 1 heteroatoms. The number of hydrogen-bond donors (Lipinski definition) is 0. The quantitative estimate of drug-likeness (QED) is 0.204. The van der Waals surface area contributed by atoms with Gasteiger partial charge in [0.2, 0.25) is 0 Å². The molecule has 0 nitrogen and oxygen atoms in total. The van der Waals surface area contributed by atoms with E-state index in [0.29, 0.717) is 0 Å². The topological polar surface area (TPSA) is 0 Å². The summed E-state index contributed by atoms with van der Waals surface area (Å²) in [5.41, 5.74) is 8.45. The van der Waals surface area contributed by atoms with Crippen molar-refractivity contribution in [3.63, 3.8) is 0 Å². The maximum atomic E-state index is 2.55. The lowest BCUT2D eigenvalue weighted by molar-refractivity contribution is 0.716. The van der Waals surface area contributed by atoms with E-state index >= 15 is 0 Å². The molecular weight excluding hydrogens is 436 g/mol. The standard InChI is InChI=1S/C34H37Si/c1-3-5-9-15-26-21-23-30-31-24-22-29(20-10-6-4-2)35-33(31)34(32(30)25-26,27-16-11-7-12-17-27)28-18-13-8-14-19-28/h7-8,11-14,16-19,21-25H,3-6,9-10,15,20H2,1-2H3. The van der Waals surface area contributed by atoms with Crippen molar-refractivity contribution in [2.24, 2.45) is 0 Å². The van der Waals surface area contributed by atoms with Gasteiger partial charge >= 0.3 is 0 Å². The summed E-state index contributed by atoms with van der Waals surface area (Å²) in [6, 6.07) is 30.0. The SMILES string of the molecule is CCCCCC1=CC=C2C(=[Si]1)C(c1ccccc1)(c1ccccc1)c1cc(CCCCC)ccc12. The average molecular weight is 474 g/mol. The number of benzene rings is 3. The summed E-state index contributed by atoms with van der Waals surface area (Å²) < 4.78 is 0. The van der Waals surface area contributed by atoms with Crippen LogP contribution in [-0.4, -0.2) is 14.3 Å². The van der Waals surface area contributed by atoms with E-state index in [-0.39, 0.29) is 5.41 Å². The second-order valence-corrected chi connectivity index (χ2v) is 11.4. The maximum Gasteiger partial charge on any atom is 0.0674 e. The van der Waals surface area contributed by atoms with E-state index in [9.17, 15) is 0 Å². The zero-order valence-electron chi connectivity index (χ0n) is 21.3. The number of rotatable bonds is 10. The monoisotopic (exact) mass is 473 g/mol. The van der Waals surface area contributed by atoms with Gasteiger partial charge in [0.15, 0.2) is 0 Å². The highest BCUT2D eigenvalue weighted by molar-refractivity contribution is 6.73. The molecule has 1 aliphatic carbocycles. The lowest BCUT2D eigenvalue weighted by atomic mass is 9.69. The summed E-state index contributed by atoms with van der Waals surface area (Å²) >= 11 is 0. The molecule has 0 saturated heterocycles. The molecule has 2 aliphatic rings. The number of hydrogen-bond acceptors (Lipinski definition) is 0. The van der Waals surface area contributed by atoms with Crippen LogP contribution in [0.3, 0.4) is 0 Å². The highest BCUT2D eigenvalue weighted by Crippen LogP contribution is 2.52. The van der Waals surface area contributed by atoms with Gasteiger partial charge in [-0.3, -0.25) is 0 Å². The molecule has 0 N–H and O–H groups in total. The van der Waals surface area contributed by atoms with Crippen molar-refractivity contribution < 1.29 is 0 Å². The second-order valence-electron chi connectivity index (χ2n) is 10.0. The third-order valence-electron chi connectivity index (χ3n) is 7.69. The molecule has 0 aromatic heterocycles. The van der Waals surface area contributed by atoms with E-state index in [1.807, 2.05) is 0 Å². The Labute approximate surface area is 214 Å². The molecule has 0 atom stereocenters. The molecular formula is C34H37Si. The van der Waals surface area contributed by atoms with Crippen molar-refractivity contribution in [3.8, 4) is 0 Å². The van der Waals surface area contributed by atoms with Gasteiger partial charge < -0.3 is 0 Å². The van der Waals surface area contributed by atoms with Crippen LogP contribution in [0, 0.1) is 0 Å². The minimum Gasteiger partial charge on any atom is -0.0654 e. The fourth-order valence-electron chi connectivity index (χ4n) is 5.92. The van der Waals surface area contributed by atoms with Crippen LogP contribution in [0.25, 0.3) is 5.57 Å². The molecule has 0 unspecified atom stereocenters. The first-order chi connectivity index (χ1) is 17.3. The van der Waals surface area contributed by atoms with E-state index < -0.39 is 0 Å². The van der Waals surface area contributed by atoms with Gasteiger partial charge in [-0.1, -0.05) is 136 Å². The molecule has 0 spiro atoms. The van der Waals surface area contributed by atoms with Gasteiger partial charge in [0.1, 0.15) is 0 Å². The van der Waals surface area contributed by atoms with Crippen molar-refractivity contribution in [2.45, 2.75) is 70.6 Å². The lowest BCUT2D eigenvalue weighted by Crippen LogP contribution is -2.37. The van der Waals surface area contributed by atoms with Crippen LogP contribution >= 0.6 is 0 Å². The van der Waals surface area contributed by atoms with Crippen LogP contribution in [0.15, 0.2) is 96.2 Å². The number of aryl methyl sites for hydroxylation is 1. The highest BCUT2D eigenvalue weighted by atomic mass is 28.2. The Bertz CT molecular complexity index is 1200. The van der Waals surface area contributed by atoms with Crippen LogP contribution in [0.4, 0.5) is 0 Å². The van der Waals surface area contributed by atoms with Gasteiger partial charge in [-0.05, 0) is 64.2 Å². The zero-order valence-corrected chi connectivity index (χ0v) is 22.3. The van der Waals surface area contributed by atoms with Crippen molar-refractivity contribution in [1.29, 1.82) is 0 Å². The summed E-state index contributed by atoms with van der Waals surface area (Å²) in [6.07, 6.45) is 15.0. The van der Waals surface area contributed by atoms with Gasteiger partial charge in [-0.25, -0.2) is 0 Å². The first-order valence-electron chi connectivity index (χ1n) is 13.6. The number of unbranched alkanes of at least 4 members (excludes halogenated alkanes) is 4. The molecule has 5 rings (SSSR count). The normalized spacial score (nSPS) is 15.7. The molecule has 177 valence electrons. The Kier molecular flexibility index (Phi) is 7.44.